The number of rotatable bonds is 1. The summed E-state index contributed by atoms with van der Waals surface area (Å²) in [5.41, 5.74) is -2.16. The first-order valence-electron chi connectivity index (χ1n) is 3.36. The molecule has 0 atom stereocenters. The zero-order valence-electron chi connectivity index (χ0n) is 6.55. The average Bonchev–Trinajstić information content (AvgIpc) is 2.01. The second-order valence-electron chi connectivity index (χ2n) is 2.40. The molecular weight excluding hydrogens is 219 g/mol. The average molecular weight is 223 g/mol. The van der Waals surface area contributed by atoms with Gasteiger partial charge in [-0.1, -0.05) is 12.2 Å². The van der Waals surface area contributed by atoms with Gasteiger partial charge in [-0.15, -0.1) is 0 Å². The van der Waals surface area contributed by atoms with Crippen LogP contribution in [0.25, 0.3) is 0 Å². The summed E-state index contributed by atoms with van der Waals surface area (Å²) in [6.45, 7) is 0. The molecule has 0 amide bonds. The molecule has 14 heavy (non-hydrogen) atoms. The number of hydrogen-bond donors (Lipinski definition) is 2. The standard InChI is InChI=1S/C7H4F3NO2S/c8-7(9,10)3-1-2-11-5(14)4(3)6(12)13/h1-2H,(H,11,14)(H,12,13). The molecule has 76 valence electrons. The van der Waals surface area contributed by atoms with E-state index in [0.717, 1.165) is 6.20 Å². The number of aromatic nitrogens is 1. The summed E-state index contributed by atoms with van der Waals surface area (Å²) in [7, 11) is 0. The molecule has 1 rings (SSSR count). The van der Waals surface area contributed by atoms with Crippen molar-refractivity contribution in [2.45, 2.75) is 6.18 Å². The van der Waals surface area contributed by atoms with Crippen molar-refractivity contribution in [2.75, 3.05) is 0 Å². The second kappa shape index (κ2) is 3.41. The van der Waals surface area contributed by atoms with E-state index in [-0.39, 0.29) is 0 Å². The van der Waals surface area contributed by atoms with E-state index in [1.807, 2.05) is 0 Å². The molecule has 0 spiro atoms. The molecule has 0 aliphatic heterocycles. The van der Waals surface area contributed by atoms with Crippen LogP contribution >= 0.6 is 12.2 Å². The Labute approximate surface area is 81.2 Å². The van der Waals surface area contributed by atoms with E-state index in [1.54, 1.807) is 0 Å². The molecule has 1 aromatic heterocycles. The summed E-state index contributed by atoms with van der Waals surface area (Å²) in [5, 5.41) is 8.52. The highest BCUT2D eigenvalue weighted by Gasteiger charge is 2.35. The number of aromatic amines is 1. The van der Waals surface area contributed by atoms with Crippen LogP contribution in [0.3, 0.4) is 0 Å². The van der Waals surface area contributed by atoms with E-state index < -0.39 is 27.9 Å². The molecule has 2 N–H and O–H groups in total. The molecule has 7 heteroatoms. The minimum Gasteiger partial charge on any atom is -0.478 e. The number of nitrogens with one attached hydrogen (secondary N) is 1. The molecule has 0 saturated heterocycles. The Hall–Kier alpha value is -1.37. The van der Waals surface area contributed by atoms with Gasteiger partial charge in [0.15, 0.2) is 0 Å². The number of carbonyl (C=O) groups is 1. The number of alkyl halides is 3. The second-order valence-corrected chi connectivity index (χ2v) is 2.81. The summed E-state index contributed by atoms with van der Waals surface area (Å²) >= 11 is 4.45. The lowest BCUT2D eigenvalue weighted by atomic mass is 10.1. The molecule has 0 saturated carbocycles. The summed E-state index contributed by atoms with van der Waals surface area (Å²) < 4.78 is 36.4. The van der Waals surface area contributed by atoms with Gasteiger partial charge >= 0.3 is 12.1 Å². The highest BCUT2D eigenvalue weighted by molar-refractivity contribution is 7.71. The molecule has 0 radical (unpaired) electrons. The zero-order chi connectivity index (χ0) is 10.9. The van der Waals surface area contributed by atoms with Crippen LogP contribution in [0.5, 0.6) is 0 Å². The van der Waals surface area contributed by atoms with Crippen molar-refractivity contribution < 1.29 is 23.1 Å². The van der Waals surface area contributed by atoms with Gasteiger partial charge in [0.05, 0.1) is 5.56 Å². The van der Waals surface area contributed by atoms with Crippen molar-refractivity contribution in [3.63, 3.8) is 0 Å². The van der Waals surface area contributed by atoms with Gasteiger partial charge in [0.25, 0.3) is 0 Å². The Morgan fingerprint density at radius 1 is 1.50 bits per heavy atom. The minimum absolute atomic E-state index is 0.438. The molecule has 0 aliphatic carbocycles. The monoisotopic (exact) mass is 223 g/mol. The van der Waals surface area contributed by atoms with E-state index in [4.69, 9.17) is 5.11 Å². The predicted molar refractivity (Wildman–Crippen MR) is 43.6 cm³/mol. The molecule has 1 aromatic rings. The molecule has 0 unspecified atom stereocenters. The van der Waals surface area contributed by atoms with Crippen LogP contribution in [-0.4, -0.2) is 16.1 Å². The van der Waals surface area contributed by atoms with Gasteiger partial charge in [0, 0.05) is 6.20 Å². The Balaban J connectivity index is 3.52. The Morgan fingerprint density at radius 3 is 2.43 bits per heavy atom. The van der Waals surface area contributed by atoms with Gasteiger partial charge in [0.1, 0.15) is 10.2 Å². The molecular formula is C7H4F3NO2S. The lowest BCUT2D eigenvalue weighted by Gasteiger charge is -2.09. The van der Waals surface area contributed by atoms with E-state index in [0.29, 0.717) is 6.07 Å². The number of halogens is 3. The first-order valence-corrected chi connectivity index (χ1v) is 3.77. The fourth-order valence-electron chi connectivity index (χ4n) is 0.927. The van der Waals surface area contributed by atoms with Crippen molar-refractivity contribution in [3.8, 4) is 0 Å². The Morgan fingerprint density at radius 2 is 2.07 bits per heavy atom. The Kier molecular flexibility index (Phi) is 2.61. The number of hydrogen-bond acceptors (Lipinski definition) is 2. The van der Waals surface area contributed by atoms with Gasteiger partial charge in [0.2, 0.25) is 0 Å². The van der Waals surface area contributed by atoms with Crippen molar-refractivity contribution in [1.29, 1.82) is 0 Å². The number of aromatic carboxylic acids is 1. The summed E-state index contributed by atoms with van der Waals surface area (Å²) in [6.07, 6.45) is -3.76. The van der Waals surface area contributed by atoms with E-state index in [9.17, 15) is 18.0 Å². The van der Waals surface area contributed by atoms with E-state index in [1.165, 1.54) is 0 Å². The fraction of sp³-hybridized carbons (Fsp3) is 0.143. The predicted octanol–water partition coefficient (Wildman–Crippen LogP) is 2.46. The van der Waals surface area contributed by atoms with Crippen LogP contribution in [0, 0.1) is 4.64 Å². The van der Waals surface area contributed by atoms with Crippen molar-refractivity contribution in [1.82, 2.24) is 4.98 Å². The van der Waals surface area contributed by atoms with Crippen LogP contribution in [-0.2, 0) is 6.18 Å². The third kappa shape index (κ3) is 1.92. The molecule has 0 bridgehead atoms. The molecule has 0 aliphatic rings. The summed E-state index contributed by atoms with van der Waals surface area (Å²) in [4.78, 5) is 12.7. The maximum absolute atomic E-state index is 12.3. The summed E-state index contributed by atoms with van der Waals surface area (Å²) in [5.74, 6) is -1.70. The van der Waals surface area contributed by atoms with Crippen LogP contribution in [0.15, 0.2) is 12.3 Å². The molecule has 3 nitrogen and oxygen atoms in total. The number of pyridine rings is 1. The summed E-state index contributed by atoms with van der Waals surface area (Å²) in [6, 6.07) is 0.638. The van der Waals surface area contributed by atoms with Gasteiger partial charge in [-0.05, 0) is 6.07 Å². The van der Waals surface area contributed by atoms with Crippen LogP contribution in [0.1, 0.15) is 15.9 Å². The topological polar surface area (TPSA) is 53.1 Å². The van der Waals surface area contributed by atoms with Crippen LogP contribution < -0.4 is 0 Å². The lowest BCUT2D eigenvalue weighted by molar-refractivity contribution is -0.138. The number of carboxylic acids is 1. The van der Waals surface area contributed by atoms with Crippen molar-refractivity contribution in [3.05, 3.63) is 28.0 Å². The van der Waals surface area contributed by atoms with Gasteiger partial charge < -0.3 is 10.1 Å². The quantitative estimate of drug-likeness (QED) is 0.719. The van der Waals surface area contributed by atoms with Crippen LogP contribution in [0.2, 0.25) is 0 Å². The molecule has 1 heterocycles. The third-order valence-corrected chi connectivity index (χ3v) is 1.80. The minimum atomic E-state index is -4.71. The highest BCUT2D eigenvalue weighted by atomic mass is 32.1. The largest absolute Gasteiger partial charge is 0.478 e. The maximum atomic E-state index is 12.3. The van der Waals surface area contributed by atoms with Crippen LogP contribution in [0.4, 0.5) is 13.2 Å². The number of H-pyrrole nitrogens is 1. The first kappa shape index (κ1) is 10.7. The SMILES string of the molecule is O=C(O)c1c(C(F)(F)F)cc[nH]c1=S. The van der Waals surface area contributed by atoms with Gasteiger partial charge in [-0.25, -0.2) is 4.79 Å². The van der Waals surface area contributed by atoms with Gasteiger partial charge in [-0.2, -0.15) is 13.2 Å². The molecule has 0 fully saturated rings. The normalized spacial score (nSPS) is 11.4. The maximum Gasteiger partial charge on any atom is 0.417 e. The van der Waals surface area contributed by atoms with E-state index in [2.05, 4.69) is 17.2 Å². The van der Waals surface area contributed by atoms with Crippen molar-refractivity contribution in [2.24, 2.45) is 0 Å². The Bertz CT molecular complexity index is 424. The molecule has 0 aromatic carbocycles. The number of carboxylic acid groups (broad SMARTS) is 1. The van der Waals surface area contributed by atoms with E-state index >= 15 is 0 Å². The fourth-order valence-corrected chi connectivity index (χ4v) is 1.19. The third-order valence-electron chi connectivity index (χ3n) is 1.48. The lowest BCUT2D eigenvalue weighted by Crippen LogP contribution is -2.13. The zero-order valence-corrected chi connectivity index (χ0v) is 7.37. The highest BCUT2D eigenvalue weighted by Crippen LogP contribution is 2.31. The smallest absolute Gasteiger partial charge is 0.417 e. The van der Waals surface area contributed by atoms with Gasteiger partial charge in [-0.3, -0.25) is 0 Å². The van der Waals surface area contributed by atoms with Crippen molar-refractivity contribution >= 4 is 18.2 Å². The first-order chi connectivity index (χ1) is 6.34.